The van der Waals surface area contributed by atoms with Crippen molar-refractivity contribution in [2.75, 3.05) is 0 Å². The Morgan fingerprint density at radius 2 is 0.735 bits per heavy atom. The third-order valence-corrected chi connectivity index (χ3v) is 6.79. The van der Waals surface area contributed by atoms with Gasteiger partial charge in [0.25, 0.3) is 0 Å². The van der Waals surface area contributed by atoms with Gasteiger partial charge in [-0.3, -0.25) is 0 Å². The van der Waals surface area contributed by atoms with Crippen molar-refractivity contribution in [3.8, 4) is 45.4 Å². The topological polar surface area (TPSA) is 0 Å². The molecule has 0 saturated carbocycles. The molecule has 0 aliphatic carbocycles. The zero-order chi connectivity index (χ0) is 23.0. The lowest BCUT2D eigenvalue weighted by molar-refractivity contribution is 1.60. The van der Waals surface area contributed by atoms with Crippen LogP contribution >= 0.6 is 8.19 Å². The lowest BCUT2D eigenvalue weighted by atomic mass is 10.0. The maximum absolute atomic E-state index is 3.45. The Bertz CT molecular complexity index is 1400. The van der Waals surface area contributed by atoms with Crippen LogP contribution in [0.15, 0.2) is 127 Å². The molecule has 0 spiro atoms. The molecule has 0 radical (unpaired) electrons. The van der Waals surface area contributed by atoms with Gasteiger partial charge in [0.05, 0.1) is 0 Å². The molecule has 0 saturated heterocycles. The van der Waals surface area contributed by atoms with Gasteiger partial charge in [0.15, 0.2) is 0 Å². The van der Waals surface area contributed by atoms with Crippen molar-refractivity contribution in [2.45, 2.75) is 0 Å². The number of benzene rings is 4. The van der Waals surface area contributed by atoms with Crippen LogP contribution in [0.2, 0.25) is 0 Å². The summed E-state index contributed by atoms with van der Waals surface area (Å²) in [5.74, 6) is 13.6. The van der Waals surface area contributed by atoms with Crippen molar-refractivity contribution in [1.82, 2.24) is 0 Å². The normalized spacial score (nSPS) is 9.88. The van der Waals surface area contributed by atoms with Gasteiger partial charge >= 0.3 is 0 Å². The van der Waals surface area contributed by atoms with Crippen LogP contribution in [-0.4, -0.2) is 0 Å². The first-order valence-electron chi connectivity index (χ1n) is 11.2. The molecular formula is C33H21P. The van der Waals surface area contributed by atoms with Gasteiger partial charge in [-0.15, -0.1) is 0 Å². The van der Waals surface area contributed by atoms with E-state index in [0.29, 0.717) is 0 Å². The van der Waals surface area contributed by atoms with Crippen LogP contribution in [-0.2, 0) is 0 Å². The number of hydrogen-bond donors (Lipinski definition) is 0. The Kier molecular flexibility index (Phi) is 6.64. The molecular weight excluding hydrogens is 427 g/mol. The molecule has 5 rings (SSSR count). The Hall–Kier alpha value is -4.35. The third-order valence-electron chi connectivity index (χ3n) is 5.35. The molecule has 1 heterocycles. The molecule has 158 valence electrons. The lowest BCUT2D eigenvalue weighted by Gasteiger charge is -2.11. The summed E-state index contributed by atoms with van der Waals surface area (Å²) in [5, 5.41) is 2.40. The Morgan fingerprint density at radius 1 is 0.382 bits per heavy atom. The van der Waals surface area contributed by atoms with E-state index in [1.54, 1.807) is 0 Å². The molecule has 0 amide bonds. The van der Waals surface area contributed by atoms with Crippen LogP contribution in [0.4, 0.5) is 0 Å². The monoisotopic (exact) mass is 448 g/mol. The molecule has 4 aromatic carbocycles. The highest BCUT2D eigenvalue weighted by Crippen LogP contribution is 2.41. The van der Waals surface area contributed by atoms with Gasteiger partial charge in [-0.05, 0) is 41.5 Å². The molecule has 34 heavy (non-hydrogen) atoms. The van der Waals surface area contributed by atoms with Crippen LogP contribution in [0.3, 0.4) is 0 Å². The molecule has 0 nitrogen and oxygen atoms in total. The van der Waals surface area contributed by atoms with E-state index in [2.05, 4.69) is 78.3 Å². The summed E-state index contributed by atoms with van der Waals surface area (Å²) in [6.45, 7) is 0. The van der Waals surface area contributed by atoms with Crippen molar-refractivity contribution < 1.29 is 0 Å². The summed E-state index contributed by atoms with van der Waals surface area (Å²) in [6, 6.07) is 43.5. The summed E-state index contributed by atoms with van der Waals surface area (Å²) < 4.78 is 0. The smallest absolute Gasteiger partial charge is 0.0386 e. The van der Waals surface area contributed by atoms with E-state index in [9.17, 15) is 0 Å². The highest BCUT2D eigenvalue weighted by Gasteiger charge is 2.12. The second kappa shape index (κ2) is 10.5. The van der Waals surface area contributed by atoms with Gasteiger partial charge in [0.2, 0.25) is 0 Å². The molecule has 0 atom stereocenters. The molecule has 5 aromatic rings. The second-order valence-electron chi connectivity index (χ2n) is 7.74. The van der Waals surface area contributed by atoms with Crippen molar-refractivity contribution in [1.29, 1.82) is 0 Å². The minimum atomic E-state index is 1.00. The predicted molar refractivity (Wildman–Crippen MR) is 145 cm³/mol. The summed E-state index contributed by atoms with van der Waals surface area (Å²) in [4.78, 5) is 0. The van der Waals surface area contributed by atoms with Crippen molar-refractivity contribution in [2.24, 2.45) is 0 Å². The van der Waals surface area contributed by atoms with Crippen molar-refractivity contribution >= 4 is 8.19 Å². The van der Waals surface area contributed by atoms with Gasteiger partial charge in [-0.2, -0.15) is 0 Å². The summed E-state index contributed by atoms with van der Waals surface area (Å²) in [5.41, 5.74) is 6.38. The third kappa shape index (κ3) is 5.17. The quantitative estimate of drug-likeness (QED) is 0.238. The zero-order valence-electron chi connectivity index (χ0n) is 18.6. The fourth-order valence-corrected chi connectivity index (χ4v) is 4.92. The largest absolute Gasteiger partial charge is 0.0622 e. The second-order valence-corrected chi connectivity index (χ2v) is 8.86. The molecule has 1 heteroatoms. The Labute approximate surface area is 203 Å². The molecule has 0 fully saturated rings. The highest BCUT2D eigenvalue weighted by molar-refractivity contribution is 7.37. The van der Waals surface area contributed by atoms with E-state index in [4.69, 9.17) is 0 Å². The van der Waals surface area contributed by atoms with E-state index < -0.39 is 0 Å². The van der Waals surface area contributed by atoms with Gasteiger partial charge in [-0.25, -0.2) is 0 Å². The van der Waals surface area contributed by atoms with Crippen LogP contribution in [0, 0.1) is 23.7 Å². The molecule has 0 unspecified atom stereocenters. The van der Waals surface area contributed by atoms with Gasteiger partial charge in [0, 0.05) is 32.8 Å². The molecule has 0 bridgehead atoms. The first kappa shape index (κ1) is 21.5. The van der Waals surface area contributed by atoms with Gasteiger partial charge < -0.3 is 0 Å². The van der Waals surface area contributed by atoms with E-state index in [1.807, 2.05) is 72.8 Å². The van der Waals surface area contributed by atoms with Gasteiger partial charge in [0.1, 0.15) is 0 Å². The average molecular weight is 449 g/mol. The maximum Gasteiger partial charge on any atom is 0.0386 e. The SMILES string of the molecule is C(#Cc1cc(C#Cc2ccccc2)c(-c2ccccc2)pc1-c1ccccc1)c1ccccc1. The molecule has 0 N–H and O–H groups in total. The fraction of sp³-hybridized carbons (Fsp3) is 0. The standard InChI is InChI=1S/C33H21P/c1-5-13-26(14-6-1)21-23-30-25-31(24-22-27-15-7-2-8-16-27)33(29-19-11-4-12-20-29)34-32(30)28-17-9-3-10-18-28/h1-20,25H. The van der Waals surface area contributed by atoms with Crippen molar-refractivity contribution in [3.05, 3.63) is 150 Å². The first-order chi connectivity index (χ1) is 16.9. The Morgan fingerprint density at radius 3 is 1.12 bits per heavy atom. The van der Waals surface area contributed by atoms with Crippen molar-refractivity contribution in [3.63, 3.8) is 0 Å². The minimum Gasteiger partial charge on any atom is -0.0622 e. The minimum absolute atomic E-state index is 1.00. The maximum atomic E-state index is 3.45. The van der Waals surface area contributed by atoms with E-state index in [1.165, 1.54) is 21.7 Å². The lowest BCUT2D eigenvalue weighted by Crippen LogP contribution is -1.89. The van der Waals surface area contributed by atoms with E-state index in [0.717, 1.165) is 30.4 Å². The number of hydrogen-bond acceptors (Lipinski definition) is 0. The average Bonchev–Trinajstić information content (AvgIpc) is 2.92. The number of rotatable bonds is 2. The van der Waals surface area contributed by atoms with E-state index in [-0.39, 0.29) is 0 Å². The molecule has 0 aliphatic heterocycles. The fourth-order valence-electron chi connectivity index (χ4n) is 3.66. The first-order valence-corrected chi connectivity index (χ1v) is 12.1. The Balaban J connectivity index is 1.73. The highest BCUT2D eigenvalue weighted by atomic mass is 31.0. The van der Waals surface area contributed by atoms with Gasteiger partial charge in [-0.1, -0.05) is 129 Å². The predicted octanol–water partition coefficient (Wildman–Crippen LogP) is 8.40. The summed E-state index contributed by atoms with van der Waals surface area (Å²) in [6.07, 6.45) is 0. The van der Waals surface area contributed by atoms with Crippen LogP contribution < -0.4 is 0 Å². The van der Waals surface area contributed by atoms with Crippen LogP contribution in [0.25, 0.3) is 21.7 Å². The zero-order valence-corrected chi connectivity index (χ0v) is 19.5. The summed E-state index contributed by atoms with van der Waals surface area (Å²) >= 11 is 0. The summed E-state index contributed by atoms with van der Waals surface area (Å²) in [7, 11) is 1.10. The van der Waals surface area contributed by atoms with Crippen LogP contribution in [0.1, 0.15) is 22.3 Å². The molecule has 1 aromatic heterocycles. The molecule has 0 aliphatic rings. The van der Waals surface area contributed by atoms with E-state index >= 15 is 0 Å². The van der Waals surface area contributed by atoms with Crippen LogP contribution in [0.5, 0.6) is 0 Å².